The average molecular weight is 246 g/mol. The summed E-state index contributed by atoms with van der Waals surface area (Å²) in [6.07, 6.45) is 0.408. The van der Waals surface area contributed by atoms with Gasteiger partial charge in [0.15, 0.2) is 0 Å². The van der Waals surface area contributed by atoms with Crippen LogP contribution < -0.4 is 5.32 Å². The van der Waals surface area contributed by atoms with Crippen LogP contribution in [0.25, 0.3) is 0 Å². The summed E-state index contributed by atoms with van der Waals surface area (Å²) >= 11 is 0. The van der Waals surface area contributed by atoms with E-state index in [1.54, 1.807) is 31.2 Å². The fourth-order valence-electron chi connectivity index (χ4n) is 1.56. The van der Waals surface area contributed by atoms with Gasteiger partial charge in [-0.1, -0.05) is 30.3 Å². The number of ether oxygens (including phenoxy) is 1. The van der Waals surface area contributed by atoms with Crippen molar-refractivity contribution in [3.05, 3.63) is 35.9 Å². The molecule has 0 saturated heterocycles. The molecule has 1 N–H and O–H groups in total. The summed E-state index contributed by atoms with van der Waals surface area (Å²) in [5.41, 5.74) is -0.902. The normalized spacial score (nSPS) is 12.9. The van der Waals surface area contributed by atoms with E-state index >= 15 is 0 Å². The van der Waals surface area contributed by atoms with Crippen molar-refractivity contribution in [2.75, 3.05) is 6.61 Å². The summed E-state index contributed by atoms with van der Waals surface area (Å²) in [5.74, 6) is -0.747. The van der Waals surface area contributed by atoms with Crippen LogP contribution >= 0.6 is 0 Å². The van der Waals surface area contributed by atoms with Crippen molar-refractivity contribution in [3.63, 3.8) is 0 Å². The smallest absolute Gasteiger partial charge is 0.347 e. The van der Waals surface area contributed by atoms with E-state index in [4.69, 9.17) is 4.74 Å². The Morgan fingerprint density at radius 1 is 1.50 bits per heavy atom. The highest BCUT2D eigenvalue weighted by Gasteiger charge is 2.40. The molecule has 0 aliphatic carbocycles. The number of nitrogens with zero attached hydrogens (tertiary/aromatic N) is 1. The molecule has 0 heterocycles. The van der Waals surface area contributed by atoms with E-state index in [2.05, 4.69) is 5.32 Å². The van der Waals surface area contributed by atoms with E-state index < -0.39 is 11.5 Å². The summed E-state index contributed by atoms with van der Waals surface area (Å²) in [6, 6.07) is 10.8. The van der Waals surface area contributed by atoms with Crippen LogP contribution in [0.1, 0.15) is 12.5 Å². The Kier molecular flexibility index (Phi) is 4.88. The summed E-state index contributed by atoms with van der Waals surface area (Å²) in [4.78, 5) is 22.4. The lowest BCUT2D eigenvalue weighted by molar-refractivity contribution is -0.149. The molecule has 1 atom stereocenters. The van der Waals surface area contributed by atoms with Gasteiger partial charge in [0.2, 0.25) is 11.9 Å². The number of rotatable bonds is 6. The van der Waals surface area contributed by atoms with Crippen LogP contribution in [0.3, 0.4) is 0 Å². The summed E-state index contributed by atoms with van der Waals surface area (Å²) in [7, 11) is 0. The second-order valence-electron chi connectivity index (χ2n) is 3.66. The van der Waals surface area contributed by atoms with Crippen molar-refractivity contribution in [3.8, 4) is 6.07 Å². The summed E-state index contributed by atoms with van der Waals surface area (Å²) < 4.78 is 4.84. The van der Waals surface area contributed by atoms with Gasteiger partial charge in [0.25, 0.3) is 0 Å². The van der Waals surface area contributed by atoms with Crippen LogP contribution in [0.5, 0.6) is 0 Å². The predicted octanol–water partition coefficient (Wildman–Crippen LogP) is 0.801. The standard InChI is InChI=1S/C13H14N2O3/c1-2-18-12(17)13(9-14,15-10-16)8-11-6-4-3-5-7-11/h3-7,10H,2,8H2,1H3,(H,15,16). The Morgan fingerprint density at radius 3 is 2.67 bits per heavy atom. The first-order valence-electron chi connectivity index (χ1n) is 5.52. The predicted molar refractivity (Wildman–Crippen MR) is 64.3 cm³/mol. The number of esters is 1. The molecule has 5 nitrogen and oxygen atoms in total. The third kappa shape index (κ3) is 3.08. The monoisotopic (exact) mass is 246 g/mol. The van der Waals surface area contributed by atoms with Crippen LogP contribution in [0.2, 0.25) is 0 Å². The molecule has 1 aromatic rings. The number of benzene rings is 1. The highest BCUT2D eigenvalue weighted by Crippen LogP contribution is 2.14. The zero-order chi connectivity index (χ0) is 13.4. The lowest BCUT2D eigenvalue weighted by atomic mass is 9.92. The maximum absolute atomic E-state index is 11.8. The van der Waals surface area contributed by atoms with Gasteiger partial charge in [-0.2, -0.15) is 5.26 Å². The third-order valence-electron chi connectivity index (χ3n) is 2.43. The third-order valence-corrected chi connectivity index (χ3v) is 2.43. The van der Waals surface area contributed by atoms with Gasteiger partial charge in [0.05, 0.1) is 6.61 Å². The van der Waals surface area contributed by atoms with E-state index in [9.17, 15) is 14.9 Å². The van der Waals surface area contributed by atoms with Crippen molar-refractivity contribution < 1.29 is 14.3 Å². The molecule has 0 aliphatic heterocycles. The topological polar surface area (TPSA) is 79.2 Å². The zero-order valence-electron chi connectivity index (χ0n) is 10.1. The molecule has 0 radical (unpaired) electrons. The number of amides is 1. The van der Waals surface area contributed by atoms with Gasteiger partial charge in [0.1, 0.15) is 6.07 Å². The van der Waals surface area contributed by atoms with Crippen LogP contribution in [-0.4, -0.2) is 24.5 Å². The van der Waals surface area contributed by atoms with Crippen LogP contribution in [-0.2, 0) is 20.7 Å². The Hall–Kier alpha value is -2.35. The van der Waals surface area contributed by atoms with Gasteiger partial charge >= 0.3 is 5.97 Å². The van der Waals surface area contributed by atoms with Gasteiger partial charge < -0.3 is 10.1 Å². The second-order valence-corrected chi connectivity index (χ2v) is 3.66. The SMILES string of the molecule is CCOC(=O)C(C#N)(Cc1ccccc1)NC=O. The highest BCUT2D eigenvalue weighted by molar-refractivity contribution is 5.87. The van der Waals surface area contributed by atoms with Crippen molar-refractivity contribution in [2.45, 2.75) is 18.9 Å². The Morgan fingerprint density at radius 2 is 2.17 bits per heavy atom. The molecule has 5 heteroatoms. The van der Waals surface area contributed by atoms with Gasteiger partial charge in [-0.25, -0.2) is 4.79 Å². The van der Waals surface area contributed by atoms with Crippen molar-refractivity contribution in [1.29, 1.82) is 5.26 Å². The number of carbonyl (C=O) groups is 2. The Balaban J connectivity index is 3.01. The number of hydrogen-bond donors (Lipinski definition) is 1. The minimum Gasteiger partial charge on any atom is -0.463 e. The number of nitrogens with one attached hydrogen (secondary N) is 1. The van der Waals surface area contributed by atoms with Crippen LogP contribution in [0, 0.1) is 11.3 Å². The highest BCUT2D eigenvalue weighted by atomic mass is 16.5. The fourth-order valence-corrected chi connectivity index (χ4v) is 1.56. The molecule has 1 aromatic carbocycles. The first-order valence-corrected chi connectivity index (χ1v) is 5.52. The quantitative estimate of drug-likeness (QED) is 0.594. The van der Waals surface area contributed by atoms with Gasteiger partial charge in [-0.05, 0) is 12.5 Å². The molecule has 0 saturated carbocycles. The molecule has 1 unspecified atom stereocenters. The molecule has 1 rings (SSSR count). The van der Waals surface area contributed by atoms with Gasteiger partial charge in [0, 0.05) is 6.42 Å². The lowest BCUT2D eigenvalue weighted by Crippen LogP contribution is -2.53. The van der Waals surface area contributed by atoms with Crippen molar-refractivity contribution in [1.82, 2.24) is 5.32 Å². The fraction of sp³-hybridized carbons (Fsp3) is 0.308. The minimum atomic E-state index is -1.67. The molecule has 0 bridgehead atoms. The molecule has 0 fully saturated rings. The summed E-state index contributed by atoms with van der Waals surface area (Å²) in [6.45, 7) is 1.79. The number of nitriles is 1. The molecule has 94 valence electrons. The minimum absolute atomic E-state index is 0.0713. The Bertz CT molecular complexity index is 453. The molecular weight excluding hydrogens is 232 g/mol. The first kappa shape index (κ1) is 13.7. The number of hydrogen-bond acceptors (Lipinski definition) is 4. The molecule has 1 amide bonds. The molecule has 0 aromatic heterocycles. The first-order chi connectivity index (χ1) is 8.68. The van der Waals surface area contributed by atoms with E-state index in [-0.39, 0.29) is 13.0 Å². The average Bonchev–Trinajstić information content (AvgIpc) is 2.39. The van der Waals surface area contributed by atoms with Crippen LogP contribution in [0.15, 0.2) is 30.3 Å². The summed E-state index contributed by atoms with van der Waals surface area (Å²) in [5, 5.41) is 11.5. The maximum Gasteiger partial charge on any atom is 0.347 e. The van der Waals surface area contributed by atoms with E-state index in [1.807, 2.05) is 12.1 Å². The molecule has 0 spiro atoms. The van der Waals surface area contributed by atoms with E-state index in [1.165, 1.54) is 0 Å². The second kappa shape index (κ2) is 6.40. The van der Waals surface area contributed by atoms with Crippen molar-refractivity contribution in [2.24, 2.45) is 0 Å². The van der Waals surface area contributed by atoms with Crippen molar-refractivity contribution >= 4 is 12.4 Å². The maximum atomic E-state index is 11.8. The molecule has 0 aliphatic rings. The Labute approximate surface area is 105 Å². The van der Waals surface area contributed by atoms with Crippen LogP contribution in [0.4, 0.5) is 0 Å². The van der Waals surface area contributed by atoms with E-state index in [0.29, 0.717) is 6.41 Å². The molecule has 18 heavy (non-hydrogen) atoms. The lowest BCUT2D eigenvalue weighted by Gasteiger charge is -2.23. The molecular formula is C13H14N2O3. The largest absolute Gasteiger partial charge is 0.463 e. The zero-order valence-corrected chi connectivity index (χ0v) is 10.1. The van der Waals surface area contributed by atoms with Gasteiger partial charge in [-0.15, -0.1) is 0 Å². The number of carbonyl (C=O) groups excluding carboxylic acids is 2. The van der Waals surface area contributed by atoms with E-state index in [0.717, 1.165) is 5.56 Å². The van der Waals surface area contributed by atoms with Gasteiger partial charge in [-0.3, -0.25) is 4.79 Å².